The number of hydrogen-bond acceptors (Lipinski definition) is 4. The van der Waals surface area contributed by atoms with E-state index >= 15 is 0 Å². The average Bonchev–Trinajstić information content (AvgIpc) is 2.69. The summed E-state index contributed by atoms with van der Waals surface area (Å²) in [5.41, 5.74) is 2.81. The monoisotopic (exact) mass is 367 g/mol. The summed E-state index contributed by atoms with van der Waals surface area (Å²) >= 11 is 5.90. The quantitative estimate of drug-likeness (QED) is 0.453. The predicted octanol–water partition coefficient (Wildman–Crippen LogP) is 4.56. The SMILES string of the molecule is O=C(OCCOc1ccc(Cc2ccc(Cl)cc2)cc1)c1cccnc1. The minimum Gasteiger partial charge on any atom is -0.490 e. The molecule has 0 radical (unpaired) electrons. The van der Waals surface area contributed by atoms with Crippen LogP contribution in [0.4, 0.5) is 0 Å². The Labute approximate surface area is 157 Å². The average molecular weight is 368 g/mol. The van der Waals surface area contributed by atoms with Gasteiger partial charge >= 0.3 is 5.97 Å². The van der Waals surface area contributed by atoms with E-state index in [2.05, 4.69) is 4.98 Å². The molecule has 0 saturated carbocycles. The zero-order chi connectivity index (χ0) is 18.2. The first-order valence-electron chi connectivity index (χ1n) is 8.24. The van der Waals surface area contributed by atoms with Crippen molar-refractivity contribution in [3.8, 4) is 5.75 Å². The molecule has 0 aliphatic carbocycles. The molecule has 0 spiro atoms. The largest absolute Gasteiger partial charge is 0.490 e. The lowest BCUT2D eigenvalue weighted by Gasteiger charge is -2.08. The van der Waals surface area contributed by atoms with Gasteiger partial charge < -0.3 is 9.47 Å². The zero-order valence-electron chi connectivity index (χ0n) is 14.1. The number of aromatic nitrogens is 1. The highest BCUT2D eigenvalue weighted by Gasteiger charge is 2.06. The Balaban J connectivity index is 1.43. The standard InChI is InChI=1S/C21H18ClNO3/c22-19-7-3-16(4-8-19)14-17-5-9-20(10-6-17)25-12-13-26-21(24)18-2-1-11-23-15-18/h1-11,15H,12-14H2. The number of nitrogens with zero attached hydrogens (tertiary/aromatic N) is 1. The highest BCUT2D eigenvalue weighted by Crippen LogP contribution is 2.17. The summed E-state index contributed by atoms with van der Waals surface area (Å²) in [5.74, 6) is 0.335. The molecule has 0 fully saturated rings. The molecule has 0 unspecified atom stereocenters. The minimum absolute atomic E-state index is 0.181. The Hall–Kier alpha value is -2.85. The highest BCUT2D eigenvalue weighted by atomic mass is 35.5. The maximum atomic E-state index is 11.8. The number of halogens is 1. The lowest BCUT2D eigenvalue weighted by molar-refractivity contribution is 0.0450. The number of carbonyl (C=O) groups excluding carboxylic acids is 1. The van der Waals surface area contributed by atoms with Gasteiger partial charge in [-0.25, -0.2) is 4.79 Å². The third kappa shape index (κ3) is 5.33. The molecule has 0 atom stereocenters. The lowest BCUT2D eigenvalue weighted by atomic mass is 10.1. The van der Waals surface area contributed by atoms with E-state index in [1.165, 1.54) is 17.3 Å². The van der Waals surface area contributed by atoms with Crippen molar-refractivity contribution in [3.05, 3.63) is 94.8 Å². The molecule has 5 heteroatoms. The van der Waals surface area contributed by atoms with Crippen LogP contribution in [0.15, 0.2) is 73.1 Å². The summed E-state index contributed by atoms with van der Waals surface area (Å²) < 4.78 is 10.8. The number of carbonyl (C=O) groups is 1. The van der Waals surface area contributed by atoms with Crippen LogP contribution in [-0.4, -0.2) is 24.2 Å². The molecule has 0 aliphatic heterocycles. The van der Waals surface area contributed by atoms with Crippen LogP contribution in [0, 0.1) is 0 Å². The van der Waals surface area contributed by atoms with Crippen LogP contribution in [0.3, 0.4) is 0 Å². The van der Waals surface area contributed by atoms with Gasteiger partial charge in [0.2, 0.25) is 0 Å². The second-order valence-corrected chi connectivity index (χ2v) is 6.11. The van der Waals surface area contributed by atoms with Crippen LogP contribution in [-0.2, 0) is 11.2 Å². The van der Waals surface area contributed by atoms with Gasteiger partial charge in [0.1, 0.15) is 19.0 Å². The van der Waals surface area contributed by atoms with Crippen molar-refractivity contribution >= 4 is 17.6 Å². The third-order valence-corrected chi connectivity index (χ3v) is 3.98. The number of esters is 1. The molecular weight excluding hydrogens is 350 g/mol. The van der Waals surface area contributed by atoms with Crippen molar-refractivity contribution < 1.29 is 14.3 Å². The normalized spacial score (nSPS) is 10.3. The molecule has 3 rings (SSSR count). The van der Waals surface area contributed by atoms with E-state index in [-0.39, 0.29) is 6.61 Å². The Kier molecular flexibility index (Phi) is 6.23. The van der Waals surface area contributed by atoms with Crippen molar-refractivity contribution in [2.75, 3.05) is 13.2 Å². The van der Waals surface area contributed by atoms with Gasteiger partial charge in [-0.15, -0.1) is 0 Å². The van der Waals surface area contributed by atoms with Gasteiger partial charge in [-0.3, -0.25) is 4.98 Å². The van der Waals surface area contributed by atoms with Crippen molar-refractivity contribution in [2.24, 2.45) is 0 Å². The van der Waals surface area contributed by atoms with E-state index in [4.69, 9.17) is 21.1 Å². The van der Waals surface area contributed by atoms with E-state index < -0.39 is 5.97 Å². The van der Waals surface area contributed by atoms with E-state index in [0.717, 1.165) is 17.2 Å². The zero-order valence-corrected chi connectivity index (χ0v) is 14.9. The van der Waals surface area contributed by atoms with Crippen molar-refractivity contribution in [3.63, 3.8) is 0 Å². The first-order valence-corrected chi connectivity index (χ1v) is 8.62. The molecule has 0 N–H and O–H groups in total. The molecular formula is C21H18ClNO3. The Morgan fingerprint density at radius 3 is 2.27 bits per heavy atom. The van der Waals surface area contributed by atoms with Crippen LogP contribution >= 0.6 is 11.6 Å². The van der Waals surface area contributed by atoms with Crippen LogP contribution in [0.25, 0.3) is 0 Å². The number of benzene rings is 2. The van der Waals surface area contributed by atoms with Crippen LogP contribution < -0.4 is 4.74 Å². The van der Waals surface area contributed by atoms with Crippen LogP contribution in [0.1, 0.15) is 21.5 Å². The molecule has 0 bridgehead atoms. The van der Waals surface area contributed by atoms with Crippen LogP contribution in [0.2, 0.25) is 5.02 Å². The first-order chi connectivity index (χ1) is 12.7. The van der Waals surface area contributed by atoms with E-state index in [1.54, 1.807) is 18.3 Å². The Bertz CT molecular complexity index is 833. The Morgan fingerprint density at radius 2 is 1.62 bits per heavy atom. The fraction of sp³-hybridized carbons (Fsp3) is 0.143. The summed E-state index contributed by atoms with van der Waals surface area (Å²) in [4.78, 5) is 15.7. The third-order valence-electron chi connectivity index (χ3n) is 3.73. The molecule has 0 aliphatic rings. The fourth-order valence-electron chi connectivity index (χ4n) is 2.40. The first kappa shape index (κ1) is 18.0. The van der Waals surface area contributed by atoms with Gasteiger partial charge in [0, 0.05) is 17.4 Å². The second kappa shape index (κ2) is 9.02. The maximum absolute atomic E-state index is 11.8. The highest BCUT2D eigenvalue weighted by molar-refractivity contribution is 6.30. The summed E-state index contributed by atoms with van der Waals surface area (Å²) in [6.07, 6.45) is 3.92. The Morgan fingerprint density at radius 1 is 0.923 bits per heavy atom. The number of hydrogen-bond donors (Lipinski definition) is 0. The summed E-state index contributed by atoms with van der Waals surface area (Å²) in [6.45, 7) is 0.475. The van der Waals surface area contributed by atoms with Gasteiger partial charge in [0.05, 0.1) is 5.56 Å². The molecule has 3 aromatic rings. The lowest BCUT2D eigenvalue weighted by Crippen LogP contribution is -2.12. The van der Waals surface area contributed by atoms with Gasteiger partial charge in [-0.1, -0.05) is 35.9 Å². The van der Waals surface area contributed by atoms with Gasteiger partial charge in [-0.2, -0.15) is 0 Å². The van der Waals surface area contributed by atoms with Crippen molar-refractivity contribution in [2.45, 2.75) is 6.42 Å². The topological polar surface area (TPSA) is 48.4 Å². The number of ether oxygens (including phenoxy) is 2. The summed E-state index contributed by atoms with van der Waals surface area (Å²) in [7, 11) is 0. The van der Waals surface area contributed by atoms with Gasteiger partial charge in [-0.05, 0) is 53.9 Å². The molecule has 4 nitrogen and oxygen atoms in total. The fourth-order valence-corrected chi connectivity index (χ4v) is 2.53. The summed E-state index contributed by atoms with van der Waals surface area (Å²) in [5, 5.41) is 0.738. The molecule has 1 heterocycles. The molecule has 132 valence electrons. The number of rotatable bonds is 7. The van der Waals surface area contributed by atoms with Crippen molar-refractivity contribution in [1.29, 1.82) is 0 Å². The van der Waals surface area contributed by atoms with Crippen LogP contribution in [0.5, 0.6) is 5.75 Å². The van der Waals surface area contributed by atoms with Crippen molar-refractivity contribution in [1.82, 2.24) is 4.98 Å². The van der Waals surface area contributed by atoms with E-state index in [1.807, 2.05) is 48.5 Å². The second-order valence-electron chi connectivity index (χ2n) is 5.67. The minimum atomic E-state index is -0.403. The molecule has 1 aromatic heterocycles. The molecule has 2 aromatic carbocycles. The number of pyridine rings is 1. The van der Waals surface area contributed by atoms with E-state index in [0.29, 0.717) is 12.2 Å². The summed E-state index contributed by atoms with van der Waals surface area (Å²) in [6, 6.07) is 19.0. The van der Waals surface area contributed by atoms with Gasteiger partial charge in [0.15, 0.2) is 0 Å². The molecule has 0 amide bonds. The molecule has 26 heavy (non-hydrogen) atoms. The van der Waals surface area contributed by atoms with E-state index in [9.17, 15) is 4.79 Å². The molecule has 0 saturated heterocycles. The smallest absolute Gasteiger partial charge is 0.339 e. The van der Waals surface area contributed by atoms with Gasteiger partial charge in [0.25, 0.3) is 0 Å². The predicted molar refractivity (Wildman–Crippen MR) is 101 cm³/mol. The maximum Gasteiger partial charge on any atom is 0.339 e.